The van der Waals surface area contributed by atoms with E-state index in [-0.39, 0.29) is 29.0 Å². The number of anilines is 1. The molecular formula is C20H20FN3O4S. The van der Waals surface area contributed by atoms with Crippen LogP contribution in [0.3, 0.4) is 0 Å². The van der Waals surface area contributed by atoms with E-state index in [1.165, 1.54) is 37.3 Å². The number of rotatable bonds is 6. The van der Waals surface area contributed by atoms with E-state index >= 15 is 0 Å². The molecule has 0 radical (unpaired) electrons. The maximum absolute atomic E-state index is 13.0. The predicted molar refractivity (Wildman–Crippen MR) is 106 cm³/mol. The number of benzene rings is 2. The van der Waals surface area contributed by atoms with Gasteiger partial charge in [-0.25, -0.2) is 17.5 Å². The van der Waals surface area contributed by atoms with Crippen LogP contribution in [0.2, 0.25) is 0 Å². The van der Waals surface area contributed by atoms with Gasteiger partial charge in [0.1, 0.15) is 5.82 Å². The Morgan fingerprint density at radius 1 is 1.14 bits per heavy atom. The molecule has 0 aliphatic carbocycles. The summed E-state index contributed by atoms with van der Waals surface area (Å²) in [5.41, 5.74) is 2.75. The van der Waals surface area contributed by atoms with Crippen LogP contribution in [-0.4, -0.2) is 19.5 Å². The van der Waals surface area contributed by atoms with E-state index in [2.05, 4.69) is 15.2 Å². The van der Waals surface area contributed by atoms with E-state index in [9.17, 15) is 17.6 Å². The van der Waals surface area contributed by atoms with Gasteiger partial charge in [0.15, 0.2) is 0 Å². The molecule has 1 heterocycles. The molecule has 7 nitrogen and oxygen atoms in total. The average Bonchev–Trinajstić information content (AvgIpc) is 3.01. The molecule has 2 N–H and O–H groups in total. The van der Waals surface area contributed by atoms with Crippen molar-refractivity contribution in [2.24, 2.45) is 0 Å². The van der Waals surface area contributed by atoms with E-state index in [4.69, 9.17) is 4.52 Å². The molecule has 0 saturated carbocycles. The van der Waals surface area contributed by atoms with E-state index in [1.807, 2.05) is 0 Å². The fourth-order valence-corrected chi connectivity index (χ4v) is 4.14. The molecule has 0 bridgehead atoms. The largest absolute Gasteiger partial charge is 0.337 e. The minimum absolute atomic E-state index is 0.0235. The molecule has 2 aromatic carbocycles. The molecule has 0 spiro atoms. The lowest BCUT2D eigenvalue weighted by atomic mass is 10.0. The molecule has 0 aliphatic rings. The number of carbonyl (C=O) groups excluding carboxylic acids is 1. The first-order valence-corrected chi connectivity index (χ1v) is 10.2. The number of carbonyl (C=O) groups is 1. The smallest absolute Gasteiger partial charge is 0.241 e. The number of aryl methyl sites for hydroxylation is 2. The van der Waals surface area contributed by atoms with Crippen LogP contribution in [0.5, 0.6) is 0 Å². The van der Waals surface area contributed by atoms with Crippen LogP contribution in [0.4, 0.5) is 10.3 Å². The molecule has 0 atom stereocenters. The second-order valence-electron chi connectivity index (χ2n) is 6.58. The molecular weight excluding hydrogens is 397 g/mol. The Morgan fingerprint density at radius 3 is 2.48 bits per heavy atom. The van der Waals surface area contributed by atoms with Crippen LogP contribution in [0.15, 0.2) is 51.9 Å². The van der Waals surface area contributed by atoms with Crippen LogP contribution < -0.4 is 10.0 Å². The Hall–Kier alpha value is -3.04. The zero-order chi connectivity index (χ0) is 21.2. The fourth-order valence-electron chi connectivity index (χ4n) is 2.86. The first kappa shape index (κ1) is 20.7. The van der Waals surface area contributed by atoms with Gasteiger partial charge >= 0.3 is 0 Å². The first-order chi connectivity index (χ1) is 13.7. The number of halogens is 1. The normalized spacial score (nSPS) is 11.4. The Bertz CT molecular complexity index is 1150. The summed E-state index contributed by atoms with van der Waals surface area (Å²) >= 11 is 0. The average molecular weight is 417 g/mol. The van der Waals surface area contributed by atoms with Crippen molar-refractivity contribution in [3.05, 3.63) is 65.1 Å². The minimum atomic E-state index is -3.84. The third kappa shape index (κ3) is 4.69. The third-order valence-corrected chi connectivity index (χ3v) is 5.84. The second-order valence-corrected chi connectivity index (χ2v) is 8.32. The number of hydrogen-bond donors (Lipinski definition) is 2. The molecule has 9 heteroatoms. The summed E-state index contributed by atoms with van der Waals surface area (Å²) in [7, 11) is -3.84. The predicted octanol–water partition coefficient (Wildman–Crippen LogP) is 3.53. The quantitative estimate of drug-likeness (QED) is 0.639. The number of nitrogens with one attached hydrogen (secondary N) is 2. The highest BCUT2D eigenvalue weighted by molar-refractivity contribution is 7.89. The van der Waals surface area contributed by atoms with Crippen LogP contribution in [0, 0.1) is 19.7 Å². The third-order valence-electron chi connectivity index (χ3n) is 4.30. The molecule has 1 amide bonds. The van der Waals surface area contributed by atoms with Crippen LogP contribution in [-0.2, 0) is 21.4 Å². The van der Waals surface area contributed by atoms with Gasteiger partial charge in [0, 0.05) is 13.5 Å². The van der Waals surface area contributed by atoms with Crippen molar-refractivity contribution in [1.82, 2.24) is 9.88 Å². The summed E-state index contributed by atoms with van der Waals surface area (Å²) < 4.78 is 46.4. The molecule has 0 saturated heterocycles. The Morgan fingerprint density at radius 2 is 1.83 bits per heavy atom. The zero-order valence-corrected chi connectivity index (χ0v) is 16.9. The lowest BCUT2D eigenvalue weighted by Crippen LogP contribution is -2.24. The molecule has 152 valence electrons. The van der Waals surface area contributed by atoms with Gasteiger partial charge in [-0.15, -0.1) is 0 Å². The number of nitrogens with zero attached hydrogens (tertiary/aromatic N) is 1. The number of aromatic nitrogens is 1. The number of hydrogen-bond acceptors (Lipinski definition) is 5. The van der Waals surface area contributed by atoms with E-state index in [0.717, 1.165) is 0 Å². The highest BCUT2D eigenvalue weighted by Gasteiger charge is 2.21. The van der Waals surface area contributed by atoms with Gasteiger partial charge in [-0.05, 0) is 48.7 Å². The molecule has 3 rings (SSSR count). The zero-order valence-electron chi connectivity index (χ0n) is 16.1. The molecule has 0 fully saturated rings. The van der Waals surface area contributed by atoms with Crippen molar-refractivity contribution in [2.75, 3.05) is 5.32 Å². The first-order valence-electron chi connectivity index (χ1n) is 8.76. The Balaban J connectivity index is 1.94. The molecule has 29 heavy (non-hydrogen) atoms. The Kier molecular flexibility index (Phi) is 5.81. The highest BCUT2D eigenvalue weighted by atomic mass is 32.2. The standard InChI is InChI=1S/C20H20FN3O4S/c1-12-4-7-16(19-13(2)24-28-20(19)23-14(3)25)10-18(12)29(26,27)22-11-15-5-8-17(21)9-6-15/h4-10,22H,11H2,1-3H3,(H,23,25). The fraction of sp³-hybridized carbons (Fsp3) is 0.200. The van der Waals surface area contributed by atoms with Gasteiger partial charge in [-0.2, -0.15) is 0 Å². The van der Waals surface area contributed by atoms with Crippen molar-refractivity contribution in [2.45, 2.75) is 32.2 Å². The lowest BCUT2D eigenvalue weighted by Gasteiger charge is -2.12. The van der Waals surface area contributed by atoms with E-state index in [1.54, 1.807) is 26.0 Å². The Labute approximate surface area is 168 Å². The van der Waals surface area contributed by atoms with Crippen molar-refractivity contribution in [3.8, 4) is 11.1 Å². The monoisotopic (exact) mass is 417 g/mol. The molecule has 0 aliphatic heterocycles. The van der Waals surface area contributed by atoms with Crippen LogP contribution in [0.25, 0.3) is 11.1 Å². The topological polar surface area (TPSA) is 101 Å². The summed E-state index contributed by atoms with van der Waals surface area (Å²) in [6, 6.07) is 10.5. The van der Waals surface area contributed by atoms with Crippen molar-refractivity contribution < 1.29 is 22.1 Å². The maximum atomic E-state index is 13.0. The molecule has 3 aromatic rings. The van der Waals surface area contributed by atoms with Crippen LogP contribution >= 0.6 is 0 Å². The van der Waals surface area contributed by atoms with Crippen molar-refractivity contribution >= 4 is 21.8 Å². The van der Waals surface area contributed by atoms with Crippen molar-refractivity contribution in [3.63, 3.8) is 0 Å². The SMILES string of the molecule is CC(=O)Nc1onc(C)c1-c1ccc(C)c(S(=O)(=O)NCc2ccc(F)cc2)c1. The summed E-state index contributed by atoms with van der Waals surface area (Å²) in [5.74, 6) is -0.566. The summed E-state index contributed by atoms with van der Waals surface area (Å²) in [4.78, 5) is 11.5. The van der Waals surface area contributed by atoms with Crippen molar-refractivity contribution in [1.29, 1.82) is 0 Å². The molecule has 1 aromatic heterocycles. The summed E-state index contributed by atoms with van der Waals surface area (Å²) in [6.45, 7) is 4.75. The number of amides is 1. The van der Waals surface area contributed by atoms with Gasteiger partial charge in [0.2, 0.25) is 21.8 Å². The van der Waals surface area contributed by atoms with E-state index in [0.29, 0.717) is 27.9 Å². The summed E-state index contributed by atoms with van der Waals surface area (Å²) in [5, 5.41) is 6.41. The van der Waals surface area contributed by atoms with E-state index < -0.39 is 10.0 Å². The second kappa shape index (κ2) is 8.14. The lowest BCUT2D eigenvalue weighted by molar-refractivity contribution is -0.114. The molecule has 0 unspecified atom stereocenters. The van der Waals surface area contributed by atoms with Gasteiger partial charge < -0.3 is 4.52 Å². The van der Waals surface area contributed by atoms with Gasteiger partial charge in [0.05, 0.1) is 16.2 Å². The maximum Gasteiger partial charge on any atom is 0.241 e. The van der Waals surface area contributed by atoms with Crippen LogP contribution in [0.1, 0.15) is 23.7 Å². The summed E-state index contributed by atoms with van der Waals surface area (Å²) in [6.07, 6.45) is 0. The van der Waals surface area contributed by atoms with Gasteiger partial charge in [0.25, 0.3) is 0 Å². The minimum Gasteiger partial charge on any atom is -0.337 e. The number of sulfonamides is 1. The van der Waals surface area contributed by atoms with Gasteiger partial charge in [-0.3, -0.25) is 10.1 Å². The van der Waals surface area contributed by atoms with Gasteiger partial charge in [-0.1, -0.05) is 29.4 Å². The highest BCUT2D eigenvalue weighted by Crippen LogP contribution is 2.33.